The van der Waals surface area contributed by atoms with E-state index in [1.54, 1.807) is 0 Å². The van der Waals surface area contributed by atoms with Gasteiger partial charge in [-0.25, -0.2) is 0 Å². The molecule has 0 amide bonds. The summed E-state index contributed by atoms with van der Waals surface area (Å²) in [6.45, 7) is 8.03. The van der Waals surface area contributed by atoms with Crippen molar-refractivity contribution in [3.63, 3.8) is 0 Å². The number of aryl methyl sites for hydroxylation is 4. The summed E-state index contributed by atoms with van der Waals surface area (Å²) in [7, 11) is 0. The van der Waals surface area contributed by atoms with Crippen LogP contribution in [0.25, 0.3) is 43.6 Å². The normalized spacial score (nSPS) is 10.5. The Hall–Kier alpha value is -2.95. The van der Waals surface area contributed by atoms with E-state index in [-0.39, 0.29) is 33.5 Å². The summed E-state index contributed by atoms with van der Waals surface area (Å²) in [6, 6.07) is 24.9. The molecule has 0 aliphatic rings. The monoisotopic (exact) mass is 553 g/mol. The molecule has 0 atom stereocenters. The Morgan fingerprint density at radius 3 is 0.735 bits per heavy atom. The zero-order chi connectivity index (χ0) is 22.2. The molecule has 174 valence electrons. The number of nitrogens with zero attached hydrogens (tertiary/aromatic N) is 4. The minimum absolute atomic E-state index is 0. The van der Waals surface area contributed by atoms with Gasteiger partial charge in [0.1, 0.15) is 0 Å². The first-order valence-electron chi connectivity index (χ1n) is 10.8. The van der Waals surface area contributed by atoms with E-state index in [0.29, 0.717) is 0 Å². The van der Waals surface area contributed by atoms with Crippen molar-refractivity contribution in [2.75, 3.05) is 0 Å². The first-order chi connectivity index (χ1) is 15.5. The zero-order valence-corrected chi connectivity index (χ0v) is 22.0. The summed E-state index contributed by atoms with van der Waals surface area (Å²) in [5.74, 6) is 0. The average molecular weight is 555 g/mol. The molecule has 0 aliphatic carbocycles. The fourth-order valence-electron chi connectivity index (χ4n) is 3.93. The Bertz CT molecular complexity index is 1390. The molecule has 0 spiro atoms. The van der Waals surface area contributed by atoms with Crippen molar-refractivity contribution in [3.05, 3.63) is 95.6 Å². The van der Waals surface area contributed by atoms with E-state index in [2.05, 4.69) is 68.5 Å². The molecule has 0 bridgehead atoms. The predicted octanol–water partition coefficient (Wildman–Crippen LogP) is 3.80. The van der Waals surface area contributed by atoms with Gasteiger partial charge in [-0.15, -0.1) is 0 Å². The third-order valence-electron chi connectivity index (χ3n) is 5.60. The van der Waals surface area contributed by atoms with E-state index in [0.717, 1.165) is 66.4 Å². The van der Waals surface area contributed by atoms with E-state index in [1.165, 1.54) is 0 Å². The van der Waals surface area contributed by atoms with E-state index >= 15 is 0 Å². The van der Waals surface area contributed by atoms with Crippen LogP contribution in [0.15, 0.2) is 72.8 Å². The number of benzene rings is 2. The van der Waals surface area contributed by atoms with Gasteiger partial charge in [0.15, 0.2) is 0 Å². The van der Waals surface area contributed by atoms with Gasteiger partial charge in [0.25, 0.3) is 0 Å². The summed E-state index contributed by atoms with van der Waals surface area (Å²) >= 11 is 0. The molecule has 0 N–H and O–H groups in total. The molecule has 0 fully saturated rings. The van der Waals surface area contributed by atoms with Crippen LogP contribution < -0.4 is 17.0 Å². The van der Waals surface area contributed by atoms with Gasteiger partial charge >= 0.3 is 0 Å². The summed E-state index contributed by atoms with van der Waals surface area (Å²) in [4.78, 5) is 18.3. The van der Waals surface area contributed by atoms with Gasteiger partial charge < -0.3 is 17.0 Å². The standard InChI is InChI=1S/2C14H12N2.BrH.Ni/c2*1-9-3-5-11-7-8-12-6-4-10(2)16-14(12)13(11)15-9;;/h2*3-8H,1-2H3;1H;/p-1. The molecule has 2 aromatic carbocycles. The third kappa shape index (κ3) is 5.09. The number of pyridine rings is 4. The molecule has 4 aromatic heterocycles. The molecule has 34 heavy (non-hydrogen) atoms. The minimum Gasteiger partial charge on any atom is -1.00 e. The molecular weight excluding hydrogens is 531 g/mol. The van der Waals surface area contributed by atoms with E-state index < -0.39 is 0 Å². The topological polar surface area (TPSA) is 51.6 Å². The van der Waals surface area contributed by atoms with Crippen molar-refractivity contribution < 1.29 is 33.5 Å². The van der Waals surface area contributed by atoms with Crippen LogP contribution in [-0.2, 0) is 16.5 Å². The Kier molecular flexibility index (Phi) is 7.96. The van der Waals surface area contributed by atoms with Gasteiger partial charge in [0, 0.05) is 60.8 Å². The summed E-state index contributed by atoms with van der Waals surface area (Å²) in [5.41, 5.74) is 8.13. The van der Waals surface area contributed by atoms with Crippen LogP contribution in [0.4, 0.5) is 0 Å². The molecule has 0 saturated heterocycles. The molecule has 0 radical (unpaired) electrons. The van der Waals surface area contributed by atoms with Gasteiger partial charge in [-0.1, -0.05) is 48.5 Å². The first-order valence-corrected chi connectivity index (χ1v) is 10.8. The first kappa shape index (κ1) is 25.7. The number of rotatable bonds is 0. The summed E-state index contributed by atoms with van der Waals surface area (Å²) in [5, 5.41) is 4.60. The van der Waals surface area contributed by atoms with E-state index in [1.807, 2.05) is 52.0 Å². The second-order valence-electron chi connectivity index (χ2n) is 8.23. The Morgan fingerprint density at radius 2 is 0.529 bits per heavy atom. The van der Waals surface area contributed by atoms with Crippen molar-refractivity contribution in [1.29, 1.82) is 0 Å². The maximum Gasteiger partial charge on any atom is 0.0967 e. The maximum atomic E-state index is 4.58. The Labute approximate surface area is 219 Å². The van der Waals surface area contributed by atoms with Crippen LogP contribution in [0.5, 0.6) is 0 Å². The third-order valence-corrected chi connectivity index (χ3v) is 5.60. The largest absolute Gasteiger partial charge is 1.00 e. The van der Waals surface area contributed by atoms with Crippen molar-refractivity contribution in [1.82, 2.24) is 19.9 Å². The molecule has 6 aromatic rings. The molecule has 0 aliphatic heterocycles. The number of hydrogen-bond acceptors (Lipinski definition) is 4. The van der Waals surface area contributed by atoms with Crippen LogP contribution in [-0.4, -0.2) is 19.9 Å². The quantitative estimate of drug-likeness (QED) is 0.212. The predicted molar refractivity (Wildman–Crippen MR) is 133 cm³/mol. The van der Waals surface area contributed by atoms with Gasteiger partial charge in [-0.3, -0.25) is 19.9 Å². The van der Waals surface area contributed by atoms with Crippen LogP contribution in [0, 0.1) is 27.7 Å². The van der Waals surface area contributed by atoms with Crippen molar-refractivity contribution >= 4 is 43.6 Å². The van der Waals surface area contributed by atoms with Crippen LogP contribution in [0.1, 0.15) is 22.8 Å². The Morgan fingerprint density at radius 1 is 0.353 bits per heavy atom. The molecule has 0 saturated carbocycles. The second kappa shape index (κ2) is 10.5. The number of aromatic nitrogens is 4. The van der Waals surface area contributed by atoms with Gasteiger partial charge in [0.05, 0.1) is 22.1 Å². The smallest absolute Gasteiger partial charge is 0.0967 e. The van der Waals surface area contributed by atoms with Crippen molar-refractivity contribution in [3.8, 4) is 0 Å². The molecule has 4 nitrogen and oxygen atoms in total. The van der Waals surface area contributed by atoms with E-state index in [9.17, 15) is 0 Å². The zero-order valence-electron chi connectivity index (χ0n) is 19.4. The van der Waals surface area contributed by atoms with Crippen LogP contribution in [0.3, 0.4) is 0 Å². The second-order valence-corrected chi connectivity index (χ2v) is 8.23. The van der Waals surface area contributed by atoms with Crippen LogP contribution >= 0.6 is 0 Å². The summed E-state index contributed by atoms with van der Waals surface area (Å²) < 4.78 is 0. The maximum absolute atomic E-state index is 4.58. The average Bonchev–Trinajstić information content (AvgIpc) is 2.79. The molecule has 0 unspecified atom stereocenters. The minimum atomic E-state index is 0. The summed E-state index contributed by atoms with van der Waals surface area (Å²) in [6.07, 6.45) is 0. The molecule has 6 rings (SSSR count). The van der Waals surface area contributed by atoms with Crippen molar-refractivity contribution in [2.45, 2.75) is 27.7 Å². The van der Waals surface area contributed by atoms with E-state index in [4.69, 9.17) is 0 Å². The van der Waals surface area contributed by atoms with Crippen LogP contribution in [0.2, 0.25) is 0 Å². The van der Waals surface area contributed by atoms with Gasteiger partial charge in [-0.05, 0) is 52.0 Å². The fraction of sp³-hybridized carbons (Fsp3) is 0.143. The fourth-order valence-corrected chi connectivity index (χ4v) is 3.93. The van der Waals surface area contributed by atoms with Gasteiger partial charge in [0.2, 0.25) is 0 Å². The molecular formula is C28H24BrN4Ni-. The Balaban J connectivity index is 0.000000180. The number of fused-ring (bicyclic) bond motifs is 6. The number of hydrogen-bond donors (Lipinski definition) is 0. The van der Waals surface area contributed by atoms with Crippen molar-refractivity contribution in [2.24, 2.45) is 0 Å². The van der Waals surface area contributed by atoms with Gasteiger partial charge in [-0.2, -0.15) is 0 Å². The molecule has 4 heterocycles. The molecule has 6 heteroatoms. The number of halogens is 1. The SMILES string of the molecule is Cc1ccc2ccc3ccc(C)nc3c2n1.Cc1ccc2ccc3ccc(C)nc3c2n1.[Br-].[Ni].